The number of anilines is 1. The summed E-state index contributed by atoms with van der Waals surface area (Å²) >= 11 is 0. The van der Waals surface area contributed by atoms with Crippen LogP contribution in [0.1, 0.15) is 11.1 Å². The number of aliphatic hydroxyl groups excluding tert-OH is 1. The lowest BCUT2D eigenvalue weighted by molar-refractivity contribution is -0.143. The predicted octanol–water partition coefficient (Wildman–Crippen LogP) is 5.37. The van der Waals surface area contributed by atoms with Crippen LogP contribution in [0.25, 0.3) is 11.1 Å². The topological polar surface area (TPSA) is 76.8 Å². The zero-order valence-corrected chi connectivity index (χ0v) is 19.1. The van der Waals surface area contributed by atoms with Crippen molar-refractivity contribution in [2.75, 3.05) is 31.8 Å². The van der Waals surface area contributed by atoms with Crippen LogP contribution in [0, 0.1) is 5.82 Å². The van der Waals surface area contributed by atoms with Crippen LogP contribution in [0.4, 0.5) is 41.2 Å². The van der Waals surface area contributed by atoms with Crippen LogP contribution in [0.2, 0.25) is 0 Å². The zero-order chi connectivity index (χ0) is 27.4. The molecule has 0 atom stereocenters. The van der Waals surface area contributed by atoms with E-state index in [4.69, 9.17) is 14.6 Å². The Bertz CT molecular complexity index is 1220. The number of benzene rings is 2. The molecule has 0 bridgehead atoms. The molecule has 3 rings (SSSR count). The molecule has 0 aliphatic rings. The fourth-order valence-corrected chi connectivity index (χ4v) is 3.20. The van der Waals surface area contributed by atoms with Gasteiger partial charge in [0.25, 0.3) is 0 Å². The minimum Gasteiger partial charge on any atom is -0.409 e. The van der Waals surface area contributed by atoms with Gasteiger partial charge in [-0.1, -0.05) is 0 Å². The third-order valence-corrected chi connectivity index (χ3v) is 5.04. The molecule has 0 aliphatic heterocycles. The third-order valence-electron chi connectivity index (χ3n) is 5.04. The van der Waals surface area contributed by atoms with Crippen LogP contribution in [0.15, 0.2) is 48.8 Å². The molecular formula is C23H20F7N3O4. The molecule has 14 heteroatoms. The van der Waals surface area contributed by atoms with Crippen molar-refractivity contribution in [2.24, 2.45) is 0 Å². The lowest BCUT2D eigenvalue weighted by atomic mass is 9.99. The number of hydrogen-bond donors (Lipinski definition) is 1. The molecule has 0 saturated heterocycles. The molecule has 1 heterocycles. The Morgan fingerprint density at radius 2 is 1.73 bits per heavy atom. The van der Waals surface area contributed by atoms with Gasteiger partial charge >= 0.3 is 18.4 Å². The van der Waals surface area contributed by atoms with Crippen molar-refractivity contribution in [1.29, 1.82) is 0 Å². The molecule has 37 heavy (non-hydrogen) atoms. The van der Waals surface area contributed by atoms with Crippen molar-refractivity contribution in [3.05, 3.63) is 65.7 Å². The third kappa shape index (κ3) is 6.98. The van der Waals surface area contributed by atoms with E-state index in [9.17, 15) is 35.5 Å². The van der Waals surface area contributed by atoms with Gasteiger partial charge in [0.2, 0.25) is 0 Å². The summed E-state index contributed by atoms with van der Waals surface area (Å²) in [6, 6.07) is 4.62. The van der Waals surface area contributed by atoms with Gasteiger partial charge in [-0.05, 0) is 36.4 Å². The molecule has 0 fully saturated rings. The van der Waals surface area contributed by atoms with Crippen molar-refractivity contribution in [2.45, 2.75) is 18.9 Å². The first-order valence-corrected chi connectivity index (χ1v) is 10.6. The molecule has 7 nitrogen and oxygen atoms in total. The Morgan fingerprint density at radius 3 is 2.32 bits per heavy atom. The summed E-state index contributed by atoms with van der Waals surface area (Å²) in [4.78, 5) is 13.5. The number of nitrogens with zero attached hydrogens (tertiary/aromatic N) is 3. The Labute approximate surface area is 205 Å². The summed E-state index contributed by atoms with van der Waals surface area (Å²) in [5.74, 6) is -1.79. The number of alkyl halides is 6. The second-order valence-electron chi connectivity index (χ2n) is 7.63. The smallest absolute Gasteiger partial charge is 0.409 e. The van der Waals surface area contributed by atoms with Crippen LogP contribution in [-0.4, -0.2) is 47.8 Å². The van der Waals surface area contributed by atoms with E-state index in [1.807, 2.05) is 0 Å². The first-order chi connectivity index (χ1) is 17.3. The predicted molar refractivity (Wildman–Crippen MR) is 116 cm³/mol. The maximum Gasteiger partial charge on any atom is 0.420 e. The van der Waals surface area contributed by atoms with Crippen molar-refractivity contribution < 1.29 is 50.1 Å². The van der Waals surface area contributed by atoms with Gasteiger partial charge in [-0.2, -0.15) is 31.4 Å². The molecule has 1 N–H and O–H groups in total. The highest BCUT2D eigenvalue weighted by Crippen LogP contribution is 2.46. The number of halogens is 7. The van der Waals surface area contributed by atoms with Gasteiger partial charge in [0.15, 0.2) is 5.75 Å². The highest BCUT2D eigenvalue weighted by molar-refractivity contribution is 5.90. The number of carbonyl (C=O) groups is 1. The summed E-state index contributed by atoms with van der Waals surface area (Å²) in [6.45, 7) is -0.0792. The average Bonchev–Trinajstić information content (AvgIpc) is 3.29. The minimum absolute atomic E-state index is 0.0262. The van der Waals surface area contributed by atoms with Gasteiger partial charge in [-0.25, -0.2) is 9.18 Å². The fourth-order valence-electron chi connectivity index (χ4n) is 3.20. The fraction of sp³-hybridized carbons (Fsp3) is 0.304. The van der Waals surface area contributed by atoms with Crippen LogP contribution < -0.4 is 9.64 Å². The van der Waals surface area contributed by atoms with Gasteiger partial charge < -0.3 is 14.6 Å². The van der Waals surface area contributed by atoms with Crippen molar-refractivity contribution in [1.82, 2.24) is 9.78 Å². The van der Waals surface area contributed by atoms with E-state index in [1.54, 1.807) is 0 Å². The Hall–Kier alpha value is -3.65. The number of ether oxygens (including phenoxy) is 2. The number of carbonyl (C=O) groups excluding carboxylic acids is 1. The lowest BCUT2D eigenvalue weighted by Gasteiger charge is -2.22. The van der Waals surface area contributed by atoms with Crippen LogP contribution >= 0.6 is 0 Å². The van der Waals surface area contributed by atoms with E-state index in [2.05, 4.69) is 5.10 Å². The highest BCUT2D eigenvalue weighted by atomic mass is 19.4. The maximum absolute atomic E-state index is 13.9. The van der Waals surface area contributed by atoms with Gasteiger partial charge in [0, 0.05) is 30.1 Å². The van der Waals surface area contributed by atoms with Crippen LogP contribution in [0.3, 0.4) is 0 Å². The molecule has 0 spiro atoms. The SMILES string of the molecule is CN(C(=O)Oc1c(-c2cnn(CCOCCO)c2)cc(C(F)(F)F)cc1C(F)(F)F)c1ccc(F)cc1. The number of aromatic nitrogens is 2. The Kier molecular flexibility index (Phi) is 8.43. The number of aliphatic hydroxyl groups is 1. The summed E-state index contributed by atoms with van der Waals surface area (Å²) in [5, 5.41) is 12.6. The Balaban J connectivity index is 2.07. The zero-order valence-electron chi connectivity index (χ0n) is 19.1. The molecule has 1 aromatic heterocycles. The molecule has 0 saturated carbocycles. The first kappa shape index (κ1) is 27.9. The van der Waals surface area contributed by atoms with Gasteiger partial charge in [-0.15, -0.1) is 0 Å². The average molecular weight is 535 g/mol. The summed E-state index contributed by atoms with van der Waals surface area (Å²) in [6.07, 6.45) is -9.64. The largest absolute Gasteiger partial charge is 0.420 e. The monoisotopic (exact) mass is 535 g/mol. The molecule has 0 aliphatic carbocycles. The lowest BCUT2D eigenvalue weighted by Crippen LogP contribution is -2.30. The van der Waals surface area contributed by atoms with E-state index in [0.717, 1.165) is 42.4 Å². The molecule has 3 aromatic rings. The van der Waals surface area contributed by atoms with Crippen LogP contribution in [0.5, 0.6) is 5.75 Å². The summed E-state index contributed by atoms with van der Waals surface area (Å²) in [7, 11) is 1.14. The van der Waals surface area contributed by atoms with Gasteiger partial charge in [-0.3, -0.25) is 9.58 Å². The standard InChI is InChI=1S/C23H20F7N3O4/c1-32(17-4-2-16(24)3-5-17)21(35)37-20-18(14-12-31-33(13-14)6-8-36-9-7-34)10-15(22(25,26)27)11-19(20)23(28,29)30/h2-5,10-13,34H,6-9H2,1H3. The van der Waals surface area contributed by atoms with E-state index in [-0.39, 0.29) is 43.7 Å². The molecule has 0 unspecified atom stereocenters. The first-order valence-electron chi connectivity index (χ1n) is 10.6. The second-order valence-corrected chi connectivity index (χ2v) is 7.63. The van der Waals surface area contributed by atoms with Crippen molar-refractivity contribution >= 4 is 11.8 Å². The summed E-state index contributed by atoms with van der Waals surface area (Å²) in [5.41, 5.74) is -4.24. The molecule has 2 aromatic carbocycles. The van der Waals surface area contributed by atoms with Gasteiger partial charge in [0.05, 0.1) is 43.7 Å². The second kappa shape index (κ2) is 11.2. The van der Waals surface area contributed by atoms with Crippen LogP contribution in [-0.2, 0) is 23.6 Å². The van der Waals surface area contributed by atoms with E-state index in [0.29, 0.717) is 6.07 Å². The van der Waals surface area contributed by atoms with Crippen molar-refractivity contribution in [3.63, 3.8) is 0 Å². The van der Waals surface area contributed by atoms with Crippen molar-refractivity contribution in [3.8, 4) is 16.9 Å². The normalized spacial score (nSPS) is 12.0. The quantitative estimate of drug-likeness (QED) is 0.310. The summed E-state index contributed by atoms with van der Waals surface area (Å²) < 4.78 is 107. The van der Waals surface area contributed by atoms with E-state index < -0.39 is 46.7 Å². The minimum atomic E-state index is -5.33. The molecular weight excluding hydrogens is 515 g/mol. The molecule has 1 amide bonds. The Morgan fingerprint density at radius 1 is 1.05 bits per heavy atom. The number of rotatable bonds is 8. The van der Waals surface area contributed by atoms with E-state index >= 15 is 0 Å². The molecule has 200 valence electrons. The number of hydrogen-bond acceptors (Lipinski definition) is 5. The van der Waals surface area contributed by atoms with E-state index in [1.165, 1.54) is 10.9 Å². The molecule has 0 radical (unpaired) electrons. The highest BCUT2D eigenvalue weighted by Gasteiger charge is 2.41. The van der Waals surface area contributed by atoms with Gasteiger partial charge in [0.1, 0.15) is 5.82 Å². The number of amides is 1. The maximum atomic E-state index is 13.9.